The molecule has 5 heteroatoms. The number of hydrogen-bond acceptors (Lipinski definition) is 4. The average Bonchev–Trinajstić information content (AvgIpc) is 2.62. The van der Waals surface area contributed by atoms with Crippen molar-refractivity contribution in [3.05, 3.63) is 27.7 Å². The number of phenolic OH excluding ortho intramolecular Hbond substituents is 1. The van der Waals surface area contributed by atoms with E-state index >= 15 is 0 Å². The third-order valence-electron chi connectivity index (χ3n) is 2.55. The largest absolute Gasteiger partial charge is 0.506 e. The van der Waals surface area contributed by atoms with Crippen molar-refractivity contribution >= 4 is 21.7 Å². The first kappa shape index (κ1) is 11.0. The topological polar surface area (TPSA) is 72.3 Å². The van der Waals surface area contributed by atoms with Crippen LogP contribution in [0.1, 0.15) is 11.1 Å². The minimum atomic E-state index is 0.138. The highest BCUT2D eigenvalue weighted by molar-refractivity contribution is 9.10. The molecule has 0 unspecified atom stereocenters. The zero-order chi connectivity index (χ0) is 11.9. The quantitative estimate of drug-likeness (QED) is 0.843. The molecule has 3 N–H and O–H groups in total. The summed E-state index contributed by atoms with van der Waals surface area (Å²) < 4.78 is 5.69. The van der Waals surface area contributed by atoms with Gasteiger partial charge in [-0.2, -0.15) is 0 Å². The van der Waals surface area contributed by atoms with Crippen LogP contribution in [0.3, 0.4) is 0 Å². The van der Waals surface area contributed by atoms with Crippen molar-refractivity contribution in [1.82, 2.24) is 5.16 Å². The van der Waals surface area contributed by atoms with Gasteiger partial charge in [0.05, 0.1) is 10.0 Å². The van der Waals surface area contributed by atoms with E-state index < -0.39 is 0 Å². The molecule has 0 spiro atoms. The van der Waals surface area contributed by atoms with Crippen molar-refractivity contribution in [2.45, 2.75) is 13.8 Å². The molecular formula is C11H11BrN2O2. The van der Waals surface area contributed by atoms with Crippen LogP contribution < -0.4 is 5.73 Å². The van der Waals surface area contributed by atoms with Gasteiger partial charge in [0, 0.05) is 6.07 Å². The standard InChI is InChI=1S/C11H11BrN2O2/c1-5-3-7(12)11(15)10(6(5)2)8-4-9(13)14-16-8/h3-4,15H,1-2H3,(H2,13,14). The van der Waals surface area contributed by atoms with Gasteiger partial charge in [-0.25, -0.2) is 0 Å². The van der Waals surface area contributed by atoms with E-state index in [1.54, 1.807) is 6.07 Å². The SMILES string of the molecule is Cc1cc(Br)c(O)c(-c2cc(N)no2)c1C. The van der Waals surface area contributed by atoms with Gasteiger partial charge in [0.2, 0.25) is 0 Å². The Morgan fingerprint density at radius 1 is 1.38 bits per heavy atom. The van der Waals surface area contributed by atoms with Crippen molar-refractivity contribution < 1.29 is 9.63 Å². The first-order valence-electron chi connectivity index (χ1n) is 4.72. The van der Waals surface area contributed by atoms with Gasteiger partial charge in [0.25, 0.3) is 0 Å². The molecule has 0 saturated heterocycles. The first-order chi connectivity index (χ1) is 7.50. The van der Waals surface area contributed by atoms with Crippen LogP contribution in [0, 0.1) is 13.8 Å². The second-order valence-corrected chi connectivity index (χ2v) is 4.49. The van der Waals surface area contributed by atoms with Gasteiger partial charge in [-0.3, -0.25) is 0 Å². The number of hydrogen-bond donors (Lipinski definition) is 2. The van der Waals surface area contributed by atoms with Crippen LogP contribution in [0.25, 0.3) is 11.3 Å². The number of nitrogens with two attached hydrogens (primary N) is 1. The molecule has 0 radical (unpaired) electrons. The molecule has 4 nitrogen and oxygen atoms in total. The molecule has 2 rings (SSSR count). The summed E-state index contributed by atoms with van der Waals surface area (Å²) in [6, 6.07) is 3.45. The lowest BCUT2D eigenvalue weighted by Gasteiger charge is -2.09. The number of benzene rings is 1. The summed E-state index contributed by atoms with van der Waals surface area (Å²) in [7, 11) is 0. The summed E-state index contributed by atoms with van der Waals surface area (Å²) in [4.78, 5) is 0. The summed E-state index contributed by atoms with van der Waals surface area (Å²) in [6.45, 7) is 3.87. The maximum Gasteiger partial charge on any atom is 0.173 e. The van der Waals surface area contributed by atoms with Crippen molar-refractivity contribution in [2.75, 3.05) is 5.73 Å². The van der Waals surface area contributed by atoms with Crippen LogP contribution in [0.15, 0.2) is 21.1 Å². The molecule has 2 aromatic rings. The normalized spacial score (nSPS) is 10.7. The lowest BCUT2D eigenvalue weighted by molar-refractivity contribution is 0.428. The third-order valence-corrected chi connectivity index (χ3v) is 3.15. The molecule has 0 bridgehead atoms. The van der Waals surface area contributed by atoms with Gasteiger partial charge in [0.1, 0.15) is 5.75 Å². The summed E-state index contributed by atoms with van der Waals surface area (Å²) in [5.41, 5.74) is 8.11. The van der Waals surface area contributed by atoms with Gasteiger partial charge in [0.15, 0.2) is 11.6 Å². The Labute approximate surface area is 101 Å². The molecule has 1 aromatic heterocycles. The van der Waals surface area contributed by atoms with Crippen molar-refractivity contribution in [1.29, 1.82) is 0 Å². The highest BCUT2D eigenvalue weighted by Gasteiger charge is 2.17. The number of aryl methyl sites for hydroxylation is 1. The number of aromatic hydroxyl groups is 1. The molecule has 0 fully saturated rings. The van der Waals surface area contributed by atoms with E-state index in [2.05, 4.69) is 21.1 Å². The predicted octanol–water partition coefficient (Wildman–Crippen LogP) is 3.01. The minimum Gasteiger partial charge on any atom is -0.506 e. The lowest BCUT2D eigenvalue weighted by Crippen LogP contribution is -1.88. The highest BCUT2D eigenvalue weighted by atomic mass is 79.9. The third kappa shape index (κ3) is 1.67. The van der Waals surface area contributed by atoms with Gasteiger partial charge < -0.3 is 15.4 Å². The van der Waals surface area contributed by atoms with Crippen molar-refractivity contribution in [2.24, 2.45) is 0 Å². The zero-order valence-electron chi connectivity index (χ0n) is 8.91. The number of rotatable bonds is 1. The molecule has 0 aliphatic carbocycles. The maximum absolute atomic E-state index is 9.99. The molecule has 0 aliphatic heterocycles. The second-order valence-electron chi connectivity index (χ2n) is 3.64. The van der Waals surface area contributed by atoms with E-state index in [1.807, 2.05) is 19.9 Å². The summed E-state index contributed by atoms with van der Waals surface area (Å²) >= 11 is 3.29. The molecule has 0 amide bonds. The number of phenols is 1. The Hall–Kier alpha value is -1.49. The van der Waals surface area contributed by atoms with E-state index in [1.165, 1.54) is 0 Å². The molecule has 1 aromatic carbocycles. The van der Waals surface area contributed by atoms with Gasteiger partial charge in [-0.15, -0.1) is 0 Å². The predicted molar refractivity (Wildman–Crippen MR) is 65.2 cm³/mol. The minimum absolute atomic E-state index is 0.138. The van der Waals surface area contributed by atoms with E-state index in [9.17, 15) is 5.11 Å². The van der Waals surface area contributed by atoms with Crippen LogP contribution >= 0.6 is 15.9 Å². The van der Waals surface area contributed by atoms with Crippen LogP contribution in [-0.2, 0) is 0 Å². The fourth-order valence-electron chi connectivity index (χ4n) is 1.57. The first-order valence-corrected chi connectivity index (χ1v) is 5.51. The molecule has 1 heterocycles. The van der Waals surface area contributed by atoms with Crippen LogP contribution in [0.4, 0.5) is 5.82 Å². The fourth-order valence-corrected chi connectivity index (χ4v) is 2.11. The van der Waals surface area contributed by atoms with Crippen molar-refractivity contribution in [3.63, 3.8) is 0 Å². The molecule has 0 saturated carbocycles. The number of anilines is 1. The molecule has 16 heavy (non-hydrogen) atoms. The number of nitrogens with zero attached hydrogens (tertiary/aromatic N) is 1. The molecular weight excluding hydrogens is 272 g/mol. The monoisotopic (exact) mass is 282 g/mol. The zero-order valence-corrected chi connectivity index (χ0v) is 10.5. The van der Waals surface area contributed by atoms with Crippen molar-refractivity contribution in [3.8, 4) is 17.1 Å². The van der Waals surface area contributed by atoms with E-state index in [0.29, 0.717) is 21.6 Å². The van der Waals surface area contributed by atoms with E-state index in [4.69, 9.17) is 10.3 Å². The number of halogens is 1. The number of nitrogen functional groups attached to an aromatic ring is 1. The molecule has 84 valence electrons. The Morgan fingerprint density at radius 2 is 2.06 bits per heavy atom. The molecule has 0 atom stereocenters. The van der Waals surface area contributed by atoms with Gasteiger partial charge in [-0.1, -0.05) is 5.16 Å². The van der Waals surface area contributed by atoms with E-state index in [0.717, 1.165) is 11.1 Å². The molecule has 0 aliphatic rings. The Bertz CT molecular complexity index is 523. The Morgan fingerprint density at radius 3 is 2.62 bits per heavy atom. The van der Waals surface area contributed by atoms with Gasteiger partial charge >= 0.3 is 0 Å². The Balaban J connectivity index is 2.73. The maximum atomic E-state index is 9.99. The average molecular weight is 283 g/mol. The number of aromatic nitrogens is 1. The Kier molecular flexibility index (Phi) is 2.63. The fraction of sp³-hybridized carbons (Fsp3) is 0.182. The summed E-state index contributed by atoms with van der Waals surface area (Å²) in [5, 5.41) is 13.6. The highest BCUT2D eigenvalue weighted by Crippen LogP contribution is 2.40. The lowest BCUT2D eigenvalue weighted by atomic mass is 10.0. The van der Waals surface area contributed by atoms with Crippen LogP contribution in [-0.4, -0.2) is 10.3 Å². The smallest absolute Gasteiger partial charge is 0.173 e. The van der Waals surface area contributed by atoms with Crippen LogP contribution in [0.5, 0.6) is 5.75 Å². The summed E-state index contributed by atoms with van der Waals surface area (Å²) in [5.74, 6) is 0.905. The summed E-state index contributed by atoms with van der Waals surface area (Å²) in [6.07, 6.45) is 0. The van der Waals surface area contributed by atoms with E-state index in [-0.39, 0.29) is 5.75 Å². The van der Waals surface area contributed by atoms with Gasteiger partial charge in [-0.05, 0) is 47.0 Å². The second kappa shape index (κ2) is 3.83. The van der Waals surface area contributed by atoms with Crippen LogP contribution in [0.2, 0.25) is 0 Å².